The van der Waals surface area contributed by atoms with Crippen molar-refractivity contribution in [2.45, 2.75) is 32.7 Å². The molecule has 1 heterocycles. The topological polar surface area (TPSA) is 47.0 Å². The van der Waals surface area contributed by atoms with Crippen molar-refractivity contribution in [3.63, 3.8) is 0 Å². The van der Waals surface area contributed by atoms with E-state index in [9.17, 15) is 0 Å². The van der Waals surface area contributed by atoms with Gasteiger partial charge in [-0.15, -0.1) is 5.10 Å². The van der Waals surface area contributed by atoms with Gasteiger partial charge >= 0.3 is 0 Å². The van der Waals surface area contributed by atoms with Crippen molar-refractivity contribution in [1.29, 1.82) is 0 Å². The Bertz CT molecular complexity index is 541. The van der Waals surface area contributed by atoms with Gasteiger partial charge in [0.15, 0.2) is 0 Å². The van der Waals surface area contributed by atoms with Crippen LogP contribution in [0.4, 0.5) is 0 Å². The van der Waals surface area contributed by atoms with E-state index in [0.717, 1.165) is 24.3 Å². The van der Waals surface area contributed by atoms with Gasteiger partial charge in [-0.2, -0.15) is 0 Å². The van der Waals surface area contributed by atoms with Crippen LogP contribution < -0.4 is 10.1 Å². The van der Waals surface area contributed by atoms with Gasteiger partial charge in [-0.3, -0.25) is 0 Å². The lowest BCUT2D eigenvalue weighted by Gasteiger charge is -2.16. The number of nitrogens with one attached hydrogen (secondary N) is 1. The van der Waals surface area contributed by atoms with Gasteiger partial charge in [0.05, 0.1) is 23.2 Å². The third-order valence-corrected chi connectivity index (χ3v) is 3.96. The summed E-state index contributed by atoms with van der Waals surface area (Å²) < 4.78 is 9.69. The molecule has 0 bridgehead atoms. The van der Waals surface area contributed by atoms with Crippen LogP contribution in [0.2, 0.25) is 0 Å². The van der Waals surface area contributed by atoms with Gasteiger partial charge in [0.2, 0.25) is 0 Å². The van der Waals surface area contributed by atoms with Gasteiger partial charge < -0.3 is 10.1 Å². The summed E-state index contributed by atoms with van der Waals surface area (Å²) in [5, 5.41) is 7.62. The molecular weight excluding hydrogens is 270 g/mol. The molecule has 1 N–H and O–H groups in total. The Morgan fingerprint density at radius 3 is 2.90 bits per heavy atom. The fourth-order valence-corrected chi connectivity index (χ4v) is 3.08. The zero-order valence-electron chi connectivity index (χ0n) is 12.2. The van der Waals surface area contributed by atoms with E-state index in [-0.39, 0.29) is 6.04 Å². The predicted octanol–water partition coefficient (Wildman–Crippen LogP) is 3.20. The monoisotopic (exact) mass is 291 g/mol. The van der Waals surface area contributed by atoms with Crippen LogP contribution in [0.3, 0.4) is 0 Å². The van der Waals surface area contributed by atoms with Crippen LogP contribution in [0.1, 0.15) is 42.4 Å². The molecule has 1 unspecified atom stereocenters. The fraction of sp³-hybridized carbons (Fsp3) is 0.467. The van der Waals surface area contributed by atoms with Crippen molar-refractivity contribution in [2.75, 3.05) is 13.7 Å². The molecule has 0 amide bonds. The summed E-state index contributed by atoms with van der Waals surface area (Å²) in [4.78, 5) is 1.20. The predicted molar refractivity (Wildman–Crippen MR) is 82.4 cm³/mol. The molecule has 0 saturated carbocycles. The molecule has 1 aromatic heterocycles. The van der Waals surface area contributed by atoms with Crippen LogP contribution in [-0.2, 0) is 6.42 Å². The molecule has 0 aliphatic heterocycles. The first-order valence-corrected chi connectivity index (χ1v) is 7.78. The van der Waals surface area contributed by atoms with Gasteiger partial charge in [0.25, 0.3) is 0 Å². The van der Waals surface area contributed by atoms with Crippen LogP contribution in [0.25, 0.3) is 0 Å². The Morgan fingerprint density at radius 2 is 2.20 bits per heavy atom. The minimum Gasteiger partial charge on any atom is -0.494 e. The van der Waals surface area contributed by atoms with Gasteiger partial charge in [0, 0.05) is 0 Å². The van der Waals surface area contributed by atoms with Gasteiger partial charge in [0.1, 0.15) is 5.75 Å². The average Bonchev–Trinajstić information content (AvgIpc) is 2.89. The van der Waals surface area contributed by atoms with E-state index in [4.69, 9.17) is 4.74 Å². The maximum Gasteiger partial charge on any atom is 0.119 e. The van der Waals surface area contributed by atoms with E-state index in [2.05, 4.69) is 34.0 Å². The molecule has 2 aromatic rings. The highest BCUT2D eigenvalue weighted by Gasteiger charge is 2.19. The Kier molecular flexibility index (Phi) is 5.49. The second-order valence-electron chi connectivity index (χ2n) is 4.56. The van der Waals surface area contributed by atoms with Crippen LogP contribution in [0, 0.1) is 0 Å². The number of nitrogens with zero attached hydrogens (tertiary/aromatic N) is 2. The zero-order valence-corrected chi connectivity index (χ0v) is 13.0. The number of benzene rings is 1. The van der Waals surface area contributed by atoms with Crippen LogP contribution >= 0.6 is 11.5 Å². The second kappa shape index (κ2) is 7.36. The summed E-state index contributed by atoms with van der Waals surface area (Å²) in [6.45, 7) is 4.83. The number of rotatable bonds is 7. The van der Waals surface area contributed by atoms with Crippen molar-refractivity contribution in [3.8, 4) is 5.75 Å². The van der Waals surface area contributed by atoms with Crippen LogP contribution in [0.5, 0.6) is 5.75 Å². The summed E-state index contributed by atoms with van der Waals surface area (Å²) in [5.41, 5.74) is 2.28. The quantitative estimate of drug-likeness (QED) is 0.851. The molecule has 108 valence electrons. The number of ether oxygens (including phenoxy) is 1. The Morgan fingerprint density at radius 1 is 1.35 bits per heavy atom. The summed E-state index contributed by atoms with van der Waals surface area (Å²) in [6, 6.07) is 8.33. The van der Waals surface area contributed by atoms with E-state index in [1.54, 1.807) is 0 Å². The minimum absolute atomic E-state index is 0.122. The number of hydrogen-bond acceptors (Lipinski definition) is 5. The Labute approximate surface area is 124 Å². The third-order valence-electron chi connectivity index (χ3n) is 3.13. The number of aromatic nitrogens is 2. The van der Waals surface area contributed by atoms with E-state index in [0.29, 0.717) is 6.61 Å². The molecular formula is C15H21N3OS. The second-order valence-corrected chi connectivity index (χ2v) is 5.35. The summed E-state index contributed by atoms with van der Waals surface area (Å²) in [7, 11) is 1.97. The lowest BCUT2D eigenvalue weighted by atomic mass is 10.0. The minimum atomic E-state index is 0.122. The van der Waals surface area contributed by atoms with Crippen LogP contribution in [-0.4, -0.2) is 23.2 Å². The first kappa shape index (κ1) is 14.9. The molecule has 5 heteroatoms. The molecule has 0 saturated heterocycles. The molecule has 1 atom stereocenters. The van der Waals surface area contributed by atoms with Crippen LogP contribution in [0.15, 0.2) is 24.3 Å². The van der Waals surface area contributed by atoms with Crippen molar-refractivity contribution >= 4 is 11.5 Å². The first-order valence-electron chi connectivity index (χ1n) is 7.01. The molecule has 20 heavy (non-hydrogen) atoms. The summed E-state index contributed by atoms with van der Waals surface area (Å²) in [5.74, 6) is 0.903. The van der Waals surface area contributed by atoms with E-state index < -0.39 is 0 Å². The molecule has 0 radical (unpaired) electrons. The normalized spacial score (nSPS) is 12.3. The maximum atomic E-state index is 5.58. The van der Waals surface area contributed by atoms with Crippen molar-refractivity contribution < 1.29 is 4.74 Å². The zero-order chi connectivity index (χ0) is 14.4. The summed E-state index contributed by atoms with van der Waals surface area (Å²) in [6.07, 6.45) is 2.04. The Hall–Kier alpha value is -1.46. The molecule has 1 aromatic carbocycles. The molecule has 0 fully saturated rings. The number of hydrogen-bond donors (Lipinski definition) is 1. The molecule has 0 aliphatic carbocycles. The van der Waals surface area contributed by atoms with E-state index in [1.165, 1.54) is 22.0 Å². The van der Waals surface area contributed by atoms with Crippen molar-refractivity contribution in [2.24, 2.45) is 0 Å². The van der Waals surface area contributed by atoms with Gasteiger partial charge in [-0.05, 0) is 49.6 Å². The Balaban J connectivity index is 2.31. The highest BCUT2D eigenvalue weighted by Crippen LogP contribution is 2.29. The summed E-state index contributed by atoms with van der Waals surface area (Å²) >= 11 is 1.47. The van der Waals surface area contributed by atoms with Gasteiger partial charge in [-0.1, -0.05) is 30.0 Å². The highest BCUT2D eigenvalue weighted by atomic mass is 32.1. The largest absolute Gasteiger partial charge is 0.494 e. The molecule has 0 spiro atoms. The standard InChI is InChI=1S/C15H21N3OS/c1-4-7-13-15(20-18-17-13)14(16-3)11-8-6-9-12(10-11)19-5-2/h6,8-10,14,16H,4-5,7H2,1-3H3. The fourth-order valence-electron chi connectivity index (χ4n) is 2.24. The lowest BCUT2D eigenvalue weighted by Crippen LogP contribution is -2.18. The van der Waals surface area contributed by atoms with Crippen molar-refractivity contribution in [1.82, 2.24) is 14.9 Å². The highest BCUT2D eigenvalue weighted by molar-refractivity contribution is 7.05. The molecule has 2 rings (SSSR count). The maximum absolute atomic E-state index is 5.58. The SMILES string of the molecule is CCCc1nnsc1C(NC)c1cccc(OCC)c1. The van der Waals surface area contributed by atoms with E-state index >= 15 is 0 Å². The van der Waals surface area contributed by atoms with Crippen molar-refractivity contribution in [3.05, 3.63) is 40.4 Å². The number of aryl methyl sites for hydroxylation is 1. The molecule has 4 nitrogen and oxygen atoms in total. The first-order chi connectivity index (χ1) is 9.80. The third kappa shape index (κ3) is 3.35. The molecule has 0 aliphatic rings. The average molecular weight is 291 g/mol. The van der Waals surface area contributed by atoms with Gasteiger partial charge in [-0.25, -0.2) is 0 Å². The lowest BCUT2D eigenvalue weighted by molar-refractivity contribution is 0.339. The van der Waals surface area contributed by atoms with E-state index in [1.807, 2.05) is 26.1 Å². The smallest absolute Gasteiger partial charge is 0.119 e.